The van der Waals surface area contributed by atoms with Crippen molar-refractivity contribution in [2.75, 3.05) is 6.54 Å². The van der Waals surface area contributed by atoms with Crippen LogP contribution < -0.4 is 5.32 Å². The molecular weight excluding hydrogens is 258 g/mol. The zero-order chi connectivity index (χ0) is 14.7. The van der Waals surface area contributed by atoms with Crippen LogP contribution in [0.4, 0.5) is 0 Å². The van der Waals surface area contributed by atoms with E-state index in [9.17, 15) is 0 Å². The zero-order valence-corrected chi connectivity index (χ0v) is 13.0. The average molecular weight is 283 g/mol. The van der Waals surface area contributed by atoms with Gasteiger partial charge in [0.2, 0.25) is 0 Å². The highest BCUT2D eigenvalue weighted by atomic mass is 15.1. The molecule has 0 bridgehead atoms. The average Bonchev–Trinajstić information content (AvgIpc) is 3.15. The number of aryl methyl sites for hydroxylation is 2. The van der Waals surface area contributed by atoms with Crippen LogP contribution in [0.5, 0.6) is 0 Å². The largest absolute Gasteiger partial charge is 0.334 e. The van der Waals surface area contributed by atoms with E-state index in [1.807, 2.05) is 6.20 Å². The van der Waals surface area contributed by atoms with Crippen LogP contribution in [0.1, 0.15) is 55.6 Å². The molecule has 1 aromatic heterocycles. The molecule has 0 saturated carbocycles. The summed E-state index contributed by atoms with van der Waals surface area (Å²) < 4.78 is 2.27. The van der Waals surface area contributed by atoms with Crippen LogP contribution in [0.25, 0.3) is 0 Å². The minimum absolute atomic E-state index is 0.323. The summed E-state index contributed by atoms with van der Waals surface area (Å²) in [7, 11) is 0. The second kappa shape index (κ2) is 6.44. The van der Waals surface area contributed by atoms with E-state index in [-0.39, 0.29) is 0 Å². The Bertz CT molecular complexity index is 588. The Morgan fingerprint density at radius 3 is 3.00 bits per heavy atom. The van der Waals surface area contributed by atoms with Crippen molar-refractivity contribution in [3.8, 4) is 0 Å². The first kappa shape index (κ1) is 14.3. The Morgan fingerprint density at radius 2 is 2.19 bits per heavy atom. The first-order valence-corrected chi connectivity index (χ1v) is 8.17. The molecule has 1 N–H and O–H groups in total. The van der Waals surface area contributed by atoms with E-state index in [0.717, 1.165) is 19.5 Å². The minimum Gasteiger partial charge on any atom is -0.334 e. The Balaban J connectivity index is 1.94. The lowest BCUT2D eigenvalue weighted by atomic mass is 9.92. The summed E-state index contributed by atoms with van der Waals surface area (Å²) in [6.07, 6.45) is 7.59. The van der Waals surface area contributed by atoms with Crippen molar-refractivity contribution in [1.29, 1.82) is 0 Å². The molecule has 2 unspecified atom stereocenters. The van der Waals surface area contributed by atoms with Gasteiger partial charge in [-0.1, -0.05) is 31.2 Å². The van der Waals surface area contributed by atoms with Gasteiger partial charge in [-0.3, -0.25) is 0 Å². The van der Waals surface area contributed by atoms with Crippen LogP contribution in [-0.2, 0) is 13.0 Å². The Labute approximate surface area is 127 Å². The van der Waals surface area contributed by atoms with E-state index >= 15 is 0 Å². The first-order chi connectivity index (χ1) is 10.3. The van der Waals surface area contributed by atoms with Crippen LogP contribution in [0.3, 0.4) is 0 Å². The van der Waals surface area contributed by atoms with Gasteiger partial charge in [0.25, 0.3) is 0 Å². The van der Waals surface area contributed by atoms with Crippen molar-refractivity contribution >= 4 is 0 Å². The van der Waals surface area contributed by atoms with Gasteiger partial charge in [0, 0.05) is 24.9 Å². The van der Waals surface area contributed by atoms with Crippen molar-refractivity contribution in [2.24, 2.45) is 0 Å². The molecule has 0 saturated heterocycles. The van der Waals surface area contributed by atoms with Crippen LogP contribution >= 0.6 is 0 Å². The monoisotopic (exact) mass is 283 g/mol. The van der Waals surface area contributed by atoms with Gasteiger partial charge < -0.3 is 9.88 Å². The van der Waals surface area contributed by atoms with Gasteiger partial charge >= 0.3 is 0 Å². The third-order valence-corrected chi connectivity index (χ3v) is 4.56. The summed E-state index contributed by atoms with van der Waals surface area (Å²) in [6, 6.07) is 9.22. The van der Waals surface area contributed by atoms with Crippen molar-refractivity contribution in [3.05, 3.63) is 53.6 Å². The highest BCUT2D eigenvalue weighted by Gasteiger charge is 2.32. The van der Waals surface area contributed by atoms with Crippen molar-refractivity contribution < 1.29 is 0 Å². The van der Waals surface area contributed by atoms with Gasteiger partial charge in [-0.25, -0.2) is 4.98 Å². The summed E-state index contributed by atoms with van der Waals surface area (Å²) in [5.41, 5.74) is 3.03. The number of hydrogen-bond donors (Lipinski definition) is 1. The third kappa shape index (κ3) is 2.75. The number of hydrogen-bond acceptors (Lipinski definition) is 2. The van der Waals surface area contributed by atoms with E-state index in [2.05, 4.69) is 59.2 Å². The highest BCUT2D eigenvalue weighted by molar-refractivity contribution is 5.36. The molecule has 3 nitrogen and oxygen atoms in total. The number of benzene rings is 1. The van der Waals surface area contributed by atoms with Gasteiger partial charge in [0.1, 0.15) is 5.82 Å². The van der Waals surface area contributed by atoms with Crippen molar-refractivity contribution in [2.45, 2.75) is 51.6 Å². The molecule has 3 heteroatoms. The molecule has 1 aliphatic rings. The lowest BCUT2D eigenvalue weighted by molar-refractivity contribution is 0.410. The Morgan fingerprint density at radius 1 is 1.33 bits per heavy atom. The summed E-state index contributed by atoms with van der Waals surface area (Å²) in [4.78, 5) is 4.66. The number of rotatable bonds is 6. The van der Waals surface area contributed by atoms with Gasteiger partial charge in [0.05, 0.1) is 6.04 Å². The number of imidazole rings is 1. The molecule has 2 aromatic rings. The number of fused-ring (bicyclic) bond motifs is 1. The summed E-state index contributed by atoms with van der Waals surface area (Å²) in [6.45, 7) is 6.43. The van der Waals surface area contributed by atoms with E-state index < -0.39 is 0 Å². The molecule has 3 rings (SSSR count). The molecular formula is C18H25N3. The van der Waals surface area contributed by atoms with E-state index in [0.29, 0.717) is 12.0 Å². The third-order valence-electron chi connectivity index (χ3n) is 4.56. The molecule has 0 fully saturated rings. The lowest BCUT2D eigenvalue weighted by Gasteiger charge is -2.26. The van der Waals surface area contributed by atoms with E-state index in [4.69, 9.17) is 0 Å². The quantitative estimate of drug-likeness (QED) is 0.876. The van der Waals surface area contributed by atoms with Gasteiger partial charge in [-0.05, 0) is 43.9 Å². The molecule has 1 heterocycles. The second-order valence-corrected chi connectivity index (χ2v) is 5.85. The van der Waals surface area contributed by atoms with Gasteiger partial charge in [-0.2, -0.15) is 0 Å². The summed E-state index contributed by atoms with van der Waals surface area (Å²) in [5, 5.41) is 3.75. The maximum atomic E-state index is 4.66. The second-order valence-electron chi connectivity index (χ2n) is 5.85. The van der Waals surface area contributed by atoms with Crippen LogP contribution in [-0.4, -0.2) is 16.1 Å². The van der Waals surface area contributed by atoms with E-state index in [1.54, 1.807) is 0 Å². The molecule has 0 spiro atoms. The maximum Gasteiger partial charge on any atom is 0.126 e. The molecule has 1 aromatic carbocycles. The maximum absolute atomic E-state index is 4.66. The zero-order valence-electron chi connectivity index (χ0n) is 13.0. The smallest absolute Gasteiger partial charge is 0.126 e. The fourth-order valence-electron chi connectivity index (χ4n) is 3.52. The van der Waals surface area contributed by atoms with Crippen LogP contribution in [0, 0.1) is 0 Å². The molecule has 112 valence electrons. The number of nitrogens with zero attached hydrogens (tertiary/aromatic N) is 2. The Kier molecular flexibility index (Phi) is 4.39. The fraction of sp³-hybridized carbons (Fsp3) is 0.500. The number of nitrogens with one attached hydrogen (secondary N) is 1. The highest BCUT2D eigenvalue weighted by Crippen LogP contribution is 2.41. The molecule has 1 aliphatic carbocycles. The molecule has 0 aliphatic heterocycles. The summed E-state index contributed by atoms with van der Waals surface area (Å²) in [5.74, 6) is 1.73. The lowest BCUT2D eigenvalue weighted by Crippen LogP contribution is -2.29. The minimum atomic E-state index is 0.323. The molecule has 0 amide bonds. The predicted molar refractivity (Wildman–Crippen MR) is 86.4 cm³/mol. The molecule has 2 atom stereocenters. The normalized spacial score (nSPS) is 18.7. The molecule has 0 radical (unpaired) electrons. The van der Waals surface area contributed by atoms with Gasteiger partial charge in [-0.15, -0.1) is 0 Å². The standard InChI is InChI=1S/C18H25N3/c1-3-11-19-17(18-20-12-13-21(18)4-2)16-10-9-14-7-5-6-8-15(14)16/h5-8,12-13,16-17,19H,3-4,9-11H2,1-2H3. The predicted octanol–water partition coefficient (Wildman–Crippen LogP) is 3.67. The van der Waals surface area contributed by atoms with Gasteiger partial charge in [0.15, 0.2) is 0 Å². The van der Waals surface area contributed by atoms with Crippen LogP contribution in [0.15, 0.2) is 36.7 Å². The first-order valence-electron chi connectivity index (χ1n) is 8.17. The SMILES string of the molecule is CCCNC(c1nccn1CC)C1CCc2ccccc21. The van der Waals surface area contributed by atoms with Crippen molar-refractivity contribution in [1.82, 2.24) is 14.9 Å². The number of aromatic nitrogens is 2. The summed E-state index contributed by atoms with van der Waals surface area (Å²) >= 11 is 0. The Hall–Kier alpha value is -1.61. The van der Waals surface area contributed by atoms with E-state index in [1.165, 1.54) is 29.8 Å². The fourth-order valence-corrected chi connectivity index (χ4v) is 3.52. The molecule has 21 heavy (non-hydrogen) atoms. The van der Waals surface area contributed by atoms with Crippen LogP contribution in [0.2, 0.25) is 0 Å². The van der Waals surface area contributed by atoms with Crippen molar-refractivity contribution in [3.63, 3.8) is 0 Å². The topological polar surface area (TPSA) is 29.9 Å².